The molecule has 1 aliphatic rings. The summed E-state index contributed by atoms with van der Waals surface area (Å²) in [5.41, 5.74) is -2.39. The van der Waals surface area contributed by atoms with Crippen LogP contribution >= 0.6 is 23.2 Å². The van der Waals surface area contributed by atoms with Gasteiger partial charge in [-0.15, -0.1) is 0 Å². The lowest BCUT2D eigenvalue weighted by Gasteiger charge is -2.41. The Kier molecular flexibility index (Phi) is 7.94. The highest BCUT2D eigenvalue weighted by atomic mass is 35.5. The molecule has 1 amide bonds. The van der Waals surface area contributed by atoms with Gasteiger partial charge >= 0.3 is 6.09 Å². The van der Waals surface area contributed by atoms with Crippen molar-refractivity contribution in [3.8, 4) is 11.8 Å². The fourth-order valence-electron chi connectivity index (χ4n) is 4.15. The van der Waals surface area contributed by atoms with Crippen LogP contribution in [0.4, 0.5) is 15.0 Å². The number of carbonyl (C=O) groups is 1. The van der Waals surface area contributed by atoms with Gasteiger partial charge in [-0.2, -0.15) is 15.0 Å². The lowest BCUT2D eigenvalue weighted by Crippen LogP contribution is -2.56. The van der Waals surface area contributed by atoms with Gasteiger partial charge in [0.05, 0.1) is 35.1 Å². The Hall–Kier alpha value is -3.54. The minimum absolute atomic E-state index is 0.0433. The van der Waals surface area contributed by atoms with E-state index in [0.717, 1.165) is 18.4 Å². The molecule has 0 aliphatic carbocycles. The van der Waals surface area contributed by atoms with Crippen LogP contribution in [0.2, 0.25) is 10.0 Å². The summed E-state index contributed by atoms with van der Waals surface area (Å²) in [6.07, 6.45) is 1.44. The topological polar surface area (TPSA) is 151 Å². The Morgan fingerprint density at radius 2 is 1.95 bits per heavy atom. The van der Waals surface area contributed by atoms with Crippen molar-refractivity contribution in [3.05, 3.63) is 44.5 Å². The van der Waals surface area contributed by atoms with Crippen molar-refractivity contribution in [2.45, 2.75) is 44.0 Å². The van der Waals surface area contributed by atoms with Crippen molar-refractivity contribution in [2.75, 3.05) is 30.8 Å². The number of aromatic nitrogens is 4. The van der Waals surface area contributed by atoms with Crippen LogP contribution in [0.25, 0.3) is 16.6 Å². The van der Waals surface area contributed by atoms with Gasteiger partial charge in [-0.05, 0) is 32.9 Å². The maximum atomic E-state index is 14.8. The molecule has 12 nitrogen and oxygen atoms in total. The Morgan fingerprint density at radius 3 is 2.58 bits per heavy atom. The highest BCUT2D eigenvalue weighted by Crippen LogP contribution is 2.29. The number of hydrogen-bond acceptors (Lipinski definition) is 10. The first kappa shape index (κ1) is 29.4. The Morgan fingerprint density at radius 1 is 1.25 bits per heavy atom. The van der Waals surface area contributed by atoms with E-state index < -0.39 is 44.1 Å². The van der Waals surface area contributed by atoms with Gasteiger partial charge in [-0.3, -0.25) is 4.79 Å². The average Bonchev–Trinajstić information content (AvgIpc) is 2.84. The van der Waals surface area contributed by atoms with Crippen molar-refractivity contribution >= 4 is 55.9 Å². The molecule has 1 fully saturated rings. The van der Waals surface area contributed by atoms with Crippen molar-refractivity contribution < 1.29 is 22.3 Å². The fraction of sp³-hybridized carbons (Fsp3) is 0.417. The van der Waals surface area contributed by atoms with E-state index in [-0.39, 0.29) is 58.5 Å². The number of amides is 1. The number of rotatable bonds is 4. The zero-order valence-corrected chi connectivity index (χ0v) is 24.2. The maximum Gasteiger partial charge on any atom is 0.410 e. The molecule has 3 aromatic rings. The molecular weight excluding hydrogens is 588 g/mol. The van der Waals surface area contributed by atoms with E-state index >= 15 is 0 Å². The van der Waals surface area contributed by atoms with E-state index in [0.29, 0.717) is 4.68 Å². The number of carbonyl (C=O) groups excluding carboxylic acids is 1. The average molecular weight is 612 g/mol. The van der Waals surface area contributed by atoms with Gasteiger partial charge in [0.25, 0.3) is 5.56 Å². The number of sulfone groups is 1. The SMILES string of the molecule is CC(C)(C)OC(=O)N1CCN(c2nc(S(C)(=O)=O)nc3c(=O)n(-c4cc(Cl)cc(Cl)c4F)ncc23)CC1CC#N. The zero-order valence-electron chi connectivity index (χ0n) is 21.9. The van der Waals surface area contributed by atoms with Gasteiger partial charge < -0.3 is 14.5 Å². The molecule has 0 N–H and O–H groups in total. The first-order valence-corrected chi connectivity index (χ1v) is 14.5. The number of ether oxygens (including phenoxy) is 1. The van der Waals surface area contributed by atoms with Crippen LogP contribution in [0, 0.1) is 17.1 Å². The quantitative estimate of drug-likeness (QED) is 0.317. The second-order valence-electron chi connectivity index (χ2n) is 10.1. The molecule has 0 radical (unpaired) electrons. The summed E-state index contributed by atoms with van der Waals surface area (Å²) < 4.78 is 45.9. The van der Waals surface area contributed by atoms with E-state index in [4.69, 9.17) is 27.9 Å². The molecule has 1 atom stereocenters. The van der Waals surface area contributed by atoms with Crippen LogP contribution < -0.4 is 10.5 Å². The van der Waals surface area contributed by atoms with Crippen molar-refractivity contribution in [3.63, 3.8) is 0 Å². The van der Waals surface area contributed by atoms with Crippen molar-refractivity contribution in [1.29, 1.82) is 5.26 Å². The predicted octanol–water partition coefficient (Wildman–Crippen LogP) is 3.36. The Labute approximate surface area is 238 Å². The predicted molar refractivity (Wildman–Crippen MR) is 145 cm³/mol. The maximum absolute atomic E-state index is 14.8. The van der Waals surface area contributed by atoms with Gasteiger partial charge in [0.2, 0.25) is 15.0 Å². The second-order valence-corrected chi connectivity index (χ2v) is 12.8. The van der Waals surface area contributed by atoms with Gasteiger partial charge in [-0.1, -0.05) is 23.2 Å². The minimum atomic E-state index is -4.01. The first-order chi connectivity index (χ1) is 18.6. The smallest absolute Gasteiger partial charge is 0.410 e. The van der Waals surface area contributed by atoms with E-state index in [1.807, 2.05) is 0 Å². The van der Waals surface area contributed by atoms with Crippen LogP contribution in [-0.4, -0.2) is 76.7 Å². The molecule has 0 spiro atoms. The highest BCUT2D eigenvalue weighted by Gasteiger charge is 2.35. The van der Waals surface area contributed by atoms with Gasteiger partial charge in [0.15, 0.2) is 5.82 Å². The minimum Gasteiger partial charge on any atom is -0.444 e. The molecule has 1 saturated heterocycles. The largest absolute Gasteiger partial charge is 0.444 e. The summed E-state index contributed by atoms with van der Waals surface area (Å²) in [5.74, 6) is -0.909. The van der Waals surface area contributed by atoms with E-state index in [9.17, 15) is 27.7 Å². The lowest BCUT2D eigenvalue weighted by atomic mass is 10.1. The standard InChI is InChI=1S/C24H24Cl2FN7O5S/c1-24(2,3)39-23(36)33-8-7-32(12-14(33)5-6-28)20-15-11-29-34(17-10-13(25)9-16(26)18(17)27)21(35)19(15)30-22(31-20)40(4,37)38/h9-11,14H,5,7-8,12H2,1-4H3. The molecule has 0 bridgehead atoms. The van der Waals surface area contributed by atoms with Crippen LogP contribution in [0.15, 0.2) is 28.3 Å². The molecule has 2 aromatic heterocycles. The third-order valence-electron chi connectivity index (χ3n) is 5.87. The first-order valence-electron chi connectivity index (χ1n) is 11.9. The molecule has 16 heteroatoms. The second kappa shape index (κ2) is 10.8. The lowest BCUT2D eigenvalue weighted by molar-refractivity contribution is 0.0145. The third kappa shape index (κ3) is 5.96. The van der Waals surface area contributed by atoms with Gasteiger partial charge in [-0.25, -0.2) is 27.6 Å². The summed E-state index contributed by atoms with van der Waals surface area (Å²) >= 11 is 11.9. The molecular formula is C24H24Cl2FN7O5S. The summed E-state index contributed by atoms with van der Waals surface area (Å²) in [5, 5.41) is 12.6. The Bertz CT molecular complexity index is 1720. The summed E-state index contributed by atoms with van der Waals surface area (Å²) in [6, 6.07) is 3.72. The summed E-state index contributed by atoms with van der Waals surface area (Å²) in [4.78, 5) is 37.6. The zero-order chi connectivity index (χ0) is 29.6. The third-order valence-corrected chi connectivity index (χ3v) is 7.21. The number of halogens is 3. The van der Waals surface area contributed by atoms with Gasteiger partial charge in [0, 0.05) is 30.9 Å². The molecule has 212 valence electrons. The summed E-state index contributed by atoms with van der Waals surface area (Å²) in [7, 11) is -4.01. The molecule has 4 rings (SSSR count). The molecule has 40 heavy (non-hydrogen) atoms. The number of piperazine rings is 1. The number of hydrogen-bond donors (Lipinski definition) is 0. The number of anilines is 1. The van der Waals surface area contributed by atoms with E-state index in [1.165, 1.54) is 11.1 Å². The fourth-order valence-corrected chi connectivity index (χ4v) is 5.14. The molecule has 1 aromatic carbocycles. The Balaban J connectivity index is 1.85. The number of benzene rings is 1. The van der Waals surface area contributed by atoms with Crippen LogP contribution in [0.5, 0.6) is 0 Å². The van der Waals surface area contributed by atoms with Crippen molar-refractivity contribution in [2.24, 2.45) is 0 Å². The molecule has 3 heterocycles. The van der Waals surface area contributed by atoms with Gasteiger partial charge in [0.1, 0.15) is 22.6 Å². The van der Waals surface area contributed by atoms with Crippen LogP contribution in [0.1, 0.15) is 27.2 Å². The number of nitrogens with zero attached hydrogens (tertiary/aromatic N) is 7. The number of fused-ring (bicyclic) bond motifs is 1. The van der Waals surface area contributed by atoms with E-state index in [1.54, 1.807) is 25.7 Å². The van der Waals surface area contributed by atoms with E-state index in [2.05, 4.69) is 21.1 Å². The number of nitriles is 1. The van der Waals surface area contributed by atoms with Crippen molar-refractivity contribution in [1.82, 2.24) is 24.6 Å². The molecule has 1 aliphatic heterocycles. The molecule has 1 unspecified atom stereocenters. The summed E-state index contributed by atoms with van der Waals surface area (Å²) in [6.45, 7) is 5.54. The van der Waals surface area contributed by atoms with Crippen LogP contribution in [0.3, 0.4) is 0 Å². The monoisotopic (exact) mass is 611 g/mol. The molecule has 0 saturated carbocycles. The normalized spacial score (nSPS) is 16.2. The highest BCUT2D eigenvalue weighted by molar-refractivity contribution is 7.90. The van der Waals surface area contributed by atoms with Crippen LogP contribution in [-0.2, 0) is 14.6 Å².